The van der Waals surface area contributed by atoms with Crippen LogP contribution in [-0.2, 0) is 0 Å². The molecule has 0 bridgehead atoms. The molecule has 1 rings (SSSR count). The van der Waals surface area contributed by atoms with Crippen molar-refractivity contribution in [2.24, 2.45) is 5.73 Å². The summed E-state index contributed by atoms with van der Waals surface area (Å²) in [7, 11) is 0. The second-order valence-corrected chi connectivity index (χ2v) is 4.48. The van der Waals surface area contributed by atoms with Gasteiger partial charge in [0.1, 0.15) is 0 Å². The van der Waals surface area contributed by atoms with Gasteiger partial charge in [0.15, 0.2) is 0 Å². The highest BCUT2D eigenvalue weighted by molar-refractivity contribution is 6.48. The van der Waals surface area contributed by atoms with E-state index in [4.69, 9.17) is 16.6 Å². The van der Waals surface area contributed by atoms with E-state index in [2.05, 4.69) is 26.8 Å². The second kappa shape index (κ2) is 8.86. The summed E-state index contributed by atoms with van der Waals surface area (Å²) in [6, 6.07) is 0. The lowest BCUT2D eigenvalue weighted by Crippen LogP contribution is -2.06. The van der Waals surface area contributed by atoms with E-state index in [1.54, 1.807) is 30.5 Å². The fourth-order valence-electron chi connectivity index (χ4n) is 1.17. The minimum absolute atomic E-state index is 0.285. The van der Waals surface area contributed by atoms with Crippen molar-refractivity contribution in [1.29, 1.82) is 10.8 Å². The Bertz CT molecular complexity index is 460. The lowest BCUT2D eigenvalue weighted by molar-refractivity contribution is 1.28. The smallest absolute Gasteiger partial charge is 0.0789 e. The molecule has 0 unspecified atom stereocenters. The van der Waals surface area contributed by atoms with Crippen LogP contribution in [0.25, 0.3) is 0 Å². The Morgan fingerprint density at radius 3 is 1.79 bits per heavy atom. The number of nitrogens with one attached hydrogen (secondary N) is 2. The zero-order valence-electron chi connectivity index (χ0n) is 12.1. The Kier molecular flexibility index (Phi) is 7.85. The summed E-state index contributed by atoms with van der Waals surface area (Å²) < 4.78 is 0. The number of hydrogen-bond donors (Lipinski definition) is 3. The van der Waals surface area contributed by atoms with E-state index < -0.39 is 0 Å². The summed E-state index contributed by atoms with van der Waals surface area (Å²) in [6.45, 7) is 8.34. The fourth-order valence-corrected chi connectivity index (χ4v) is 1.17. The molecule has 1 aliphatic rings. The molecule has 0 saturated heterocycles. The third-order valence-electron chi connectivity index (χ3n) is 2.52. The maximum atomic E-state index is 7.03. The summed E-state index contributed by atoms with van der Waals surface area (Å²) in [5.74, 6) is 0. The Morgan fingerprint density at radius 2 is 1.47 bits per heavy atom. The summed E-state index contributed by atoms with van der Waals surface area (Å²) in [4.78, 5) is 0. The molecule has 0 radical (unpaired) electrons. The molecule has 0 atom stereocenters. The summed E-state index contributed by atoms with van der Waals surface area (Å²) >= 11 is 0. The second-order valence-electron chi connectivity index (χ2n) is 4.48. The molecule has 0 aromatic rings. The summed E-state index contributed by atoms with van der Waals surface area (Å²) in [5.41, 5.74) is 9.65. The highest BCUT2D eigenvalue weighted by Gasteiger charge is 1.97. The molecular formula is C16H23N3. The Labute approximate surface area is 115 Å². The molecule has 0 aromatic carbocycles. The number of rotatable bonds is 2. The van der Waals surface area contributed by atoms with Crippen LogP contribution in [-0.4, -0.2) is 11.4 Å². The molecule has 0 amide bonds. The predicted molar refractivity (Wildman–Crippen MR) is 84.9 cm³/mol. The first-order valence-corrected chi connectivity index (χ1v) is 6.11. The highest BCUT2D eigenvalue weighted by Crippen LogP contribution is 2.07. The molecule has 0 heterocycles. The SMILES string of the molecule is CC(C)=C(C)/C=C(C)\C=C\N.N=C1C=CC=CC1=N. The standard InChI is InChI=1S/C10H17N.C6H6N2/c1-8(2)10(4)7-9(3)5-6-11;7-5-3-1-2-4-6(5)8/h5-7H,11H2,1-4H3;1-4,7-8H/b6-5+,9-7-;. The normalized spacial score (nSPS) is 14.4. The molecule has 0 saturated carbocycles. The Hall–Kier alpha value is -2.16. The van der Waals surface area contributed by atoms with Gasteiger partial charge in [-0.1, -0.05) is 29.4 Å². The van der Waals surface area contributed by atoms with Gasteiger partial charge in [0.25, 0.3) is 0 Å². The maximum absolute atomic E-state index is 7.03. The highest BCUT2D eigenvalue weighted by atomic mass is 14.5. The van der Waals surface area contributed by atoms with Crippen molar-refractivity contribution in [2.75, 3.05) is 0 Å². The molecule has 0 fully saturated rings. The Balaban J connectivity index is 0.000000356. The Morgan fingerprint density at radius 1 is 1.00 bits per heavy atom. The lowest BCUT2D eigenvalue weighted by Gasteiger charge is -1.96. The van der Waals surface area contributed by atoms with Gasteiger partial charge in [-0.2, -0.15) is 0 Å². The van der Waals surface area contributed by atoms with Crippen molar-refractivity contribution in [1.82, 2.24) is 0 Å². The van der Waals surface area contributed by atoms with Crippen LogP contribution in [0.4, 0.5) is 0 Å². The van der Waals surface area contributed by atoms with Gasteiger partial charge in [-0.25, -0.2) is 0 Å². The van der Waals surface area contributed by atoms with E-state index in [-0.39, 0.29) is 11.4 Å². The first kappa shape index (κ1) is 16.8. The average molecular weight is 257 g/mol. The predicted octanol–water partition coefficient (Wildman–Crippen LogP) is 3.91. The van der Waals surface area contributed by atoms with Gasteiger partial charge in [0, 0.05) is 0 Å². The van der Waals surface area contributed by atoms with Crippen LogP contribution in [0.5, 0.6) is 0 Å². The van der Waals surface area contributed by atoms with Crippen molar-refractivity contribution >= 4 is 11.4 Å². The van der Waals surface area contributed by atoms with E-state index >= 15 is 0 Å². The zero-order valence-corrected chi connectivity index (χ0v) is 12.1. The van der Waals surface area contributed by atoms with E-state index in [1.807, 2.05) is 13.0 Å². The monoisotopic (exact) mass is 257 g/mol. The minimum Gasteiger partial charge on any atom is -0.405 e. The van der Waals surface area contributed by atoms with Crippen molar-refractivity contribution in [3.63, 3.8) is 0 Å². The van der Waals surface area contributed by atoms with E-state index in [1.165, 1.54) is 16.7 Å². The topological polar surface area (TPSA) is 73.7 Å². The van der Waals surface area contributed by atoms with Crippen LogP contribution in [0.3, 0.4) is 0 Å². The maximum Gasteiger partial charge on any atom is 0.0789 e. The average Bonchev–Trinajstić information content (AvgIpc) is 2.34. The zero-order chi connectivity index (χ0) is 14.8. The molecule has 1 aliphatic carbocycles. The first-order valence-electron chi connectivity index (χ1n) is 6.11. The van der Waals surface area contributed by atoms with Crippen LogP contribution in [0.1, 0.15) is 27.7 Å². The number of allylic oxidation sites excluding steroid dienone is 9. The van der Waals surface area contributed by atoms with Crippen molar-refractivity contribution in [3.05, 3.63) is 59.4 Å². The van der Waals surface area contributed by atoms with Gasteiger partial charge in [-0.15, -0.1) is 0 Å². The molecule has 0 aromatic heterocycles. The number of nitrogens with two attached hydrogens (primary N) is 1. The van der Waals surface area contributed by atoms with E-state index in [9.17, 15) is 0 Å². The van der Waals surface area contributed by atoms with Crippen molar-refractivity contribution in [2.45, 2.75) is 27.7 Å². The molecule has 19 heavy (non-hydrogen) atoms. The van der Waals surface area contributed by atoms with Gasteiger partial charge >= 0.3 is 0 Å². The van der Waals surface area contributed by atoms with Crippen LogP contribution in [0, 0.1) is 10.8 Å². The fraction of sp³-hybridized carbons (Fsp3) is 0.250. The lowest BCUT2D eigenvalue weighted by atomic mass is 10.1. The van der Waals surface area contributed by atoms with Gasteiger partial charge in [0.2, 0.25) is 0 Å². The van der Waals surface area contributed by atoms with Crippen LogP contribution >= 0.6 is 0 Å². The quantitative estimate of drug-likeness (QED) is 0.509. The molecule has 0 spiro atoms. The molecule has 3 nitrogen and oxygen atoms in total. The molecule has 0 aliphatic heterocycles. The molecule has 3 heteroatoms. The largest absolute Gasteiger partial charge is 0.405 e. The van der Waals surface area contributed by atoms with Crippen LogP contribution in [0.15, 0.2) is 59.4 Å². The first-order chi connectivity index (χ1) is 8.88. The van der Waals surface area contributed by atoms with Crippen molar-refractivity contribution in [3.8, 4) is 0 Å². The summed E-state index contributed by atoms with van der Waals surface area (Å²) in [5, 5.41) is 14.1. The van der Waals surface area contributed by atoms with Crippen molar-refractivity contribution < 1.29 is 0 Å². The molecular weight excluding hydrogens is 234 g/mol. The van der Waals surface area contributed by atoms with E-state index in [0.717, 1.165) is 0 Å². The molecule has 4 N–H and O–H groups in total. The number of hydrogen-bond acceptors (Lipinski definition) is 3. The summed E-state index contributed by atoms with van der Waals surface area (Å²) in [6.07, 6.45) is 12.3. The van der Waals surface area contributed by atoms with Gasteiger partial charge in [0.05, 0.1) is 11.4 Å². The van der Waals surface area contributed by atoms with Crippen LogP contribution < -0.4 is 5.73 Å². The molecule has 102 valence electrons. The third kappa shape index (κ3) is 7.71. The van der Waals surface area contributed by atoms with Gasteiger partial charge < -0.3 is 5.73 Å². The van der Waals surface area contributed by atoms with Gasteiger partial charge in [-0.3, -0.25) is 10.8 Å². The van der Waals surface area contributed by atoms with Gasteiger partial charge in [-0.05, 0) is 57.7 Å². The minimum atomic E-state index is 0.285. The van der Waals surface area contributed by atoms with E-state index in [0.29, 0.717) is 0 Å². The van der Waals surface area contributed by atoms with Crippen LogP contribution in [0.2, 0.25) is 0 Å². The third-order valence-corrected chi connectivity index (χ3v) is 2.52.